The predicted molar refractivity (Wildman–Crippen MR) is 132 cm³/mol. The van der Waals surface area contributed by atoms with Crippen LogP contribution < -0.4 is 10.0 Å². The van der Waals surface area contributed by atoms with Crippen LogP contribution in [0.1, 0.15) is 86.0 Å². The van der Waals surface area contributed by atoms with Crippen molar-refractivity contribution >= 4 is 17.9 Å². The SMILES string of the molecule is C=C/C=C(\CCCNC(=O)CCCCNSC(C)(C)C)C(C=C)CCC(C)CC. The Bertz CT molecular complexity index is 494. The Morgan fingerprint density at radius 2 is 1.79 bits per heavy atom. The maximum Gasteiger partial charge on any atom is 0.219 e. The van der Waals surface area contributed by atoms with Gasteiger partial charge in [-0.3, -0.25) is 9.52 Å². The number of hydrogen-bond acceptors (Lipinski definition) is 3. The maximum absolute atomic E-state index is 12.0. The highest BCUT2D eigenvalue weighted by atomic mass is 32.2. The molecule has 0 aliphatic rings. The molecule has 0 aromatic heterocycles. The second kappa shape index (κ2) is 16.8. The summed E-state index contributed by atoms with van der Waals surface area (Å²) in [7, 11) is 0. The average molecular weight is 423 g/mol. The van der Waals surface area contributed by atoms with Crippen molar-refractivity contribution < 1.29 is 4.79 Å². The molecule has 0 radical (unpaired) electrons. The zero-order chi connectivity index (χ0) is 22.1. The van der Waals surface area contributed by atoms with Crippen molar-refractivity contribution in [2.24, 2.45) is 11.8 Å². The molecule has 1 amide bonds. The smallest absolute Gasteiger partial charge is 0.219 e. The molecule has 0 heterocycles. The van der Waals surface area contributed by atoms with Crippen LogP contribution in [-0.4, -0.2) is 23.7 Å². The van der Waals surface area contributed by atoms with Crippen molar-refractivity contribution in [3.05, 3.63) is 37.0 Å². The molecule has 0 spiro atoms. The average Bonchev–Trinajstić information content (AvgIpc) is 2.66. The van der Waals surface area contributed by atoms with Gasteiger partial charge < -0.3 is 5.32 Å². The van der Waals surface area contributed by atoms with Gasteiger partial charge in [-0.1, -0.05) is 62.6 Å². The lowest BCUT2D eigenvalue weighted by Gasteiger charge is -2.19. The van der Waals surface area contributed by atoms with Gasteiger partial charge in [0.25, 0.3) is 0 Å². The van der Waals surface area contributed by atoms with E-state index in [1.807, 2.05) is 6.08 Å². The van der Waals surface area contributed by atoms with Crippen molar-refractivity contribution in [3.63, 3.8) is 0 Å². The normalized spacial score (nSPS) is 14.3. The molecule has 0 aliphatic carbocycles. The summed E-state index contributed by atoms with van der Waals surface area (Å²) in [5.74, 6) is 1.33. The van der Waals surface area contributed by atoms with Gasteiger partial charge in [0.15, 0.2) is 0 Å². The fourth-order valence-corrected chi connectivity index (χ4v) is 3.70. The second-order valence-corrected chi connectivity index (χ2v) is 10.6. The minimum absolute atomic E-state index is 0.166. The van der Waals surface area contributed by atoms with Crippen LogP contribution in [0, 0.1) is 11.8 Å². The van der Waals surface area contributed by atoms with E-state index in [0.29, 0.717) is 12.3 Å². The second-order valence-electron chi connectivity index (χ2n) is 8.93. The monoisotopic (exact) mass is 422 g/mol. The summed E-state index contributed by atoms with van der Waals surface area (Å²) >= 11 is 1.76. The number of allylic oxidation sites excluding steroid dienone is 4. The third kappa shape index (κ3) is 16.5. The van der Waals surface area contributed by atoms with Gasteiger partial charge in [0, 0.05) is 24.3 Å². The van der Waals surface area contributed by atoms with Crippen molar-refractivity contribution in [1.82, 2.24) is 10.0 Å². The van der Waals surface area contributed by atoms with Gasteiger partial charge in [0.1, 0.15) is 0 Å². The Morgan fingerprint density at radius 3 is 2.38 bits per heavy atom. The van der Waals surface area contributed by atoms with Crippen molar-refractivity contribution in [2.45, 2.75) is 90.7 Å². The number of hydrogen-bond donors (Lipinski definition) is 2. The number of unbranched alkanes of at least 4 members (excludes halogenated alkanes) is 1. The Morgan fingerprint density at radius 1 is 1.07 bits per heavy atom. The van der Waals surface area contributed by atoms with E-state index in [1.54, 1.807) is 11.9 Å². The van der Waals surface area contributed by atoms with Gasteiger partial charge in [-0.05, 0) is 71.1 Å². The summed E-state index contributed by atoms with van der Waals surface area (Å²) < 4.78 is 3.61. The van der Waals surface area contributed by atoms with E-state index in [9.17, 15) is 4.79 Å². The minimum Gasteiger partial charge on any atom is -0.356 e. The van der Waals surface area contributed by atoms with Crippen LogP contribution in [0.4, 0.5) is 0 Å². The third-order valence-corrected chi connectivity index (χ3v) is 6.00. The van der Waals surface area contributed by atoms with Crippen LogP contribution in [-0.2, 0) is 4.79 Å². The van der Waals surface area contributed by atoms with Crippen molar-refractivity contribution in [1.29, 1.82) is 0 Å². The van der Waals surface area contributed by atoms with Crippen LogP contribution in [0.5, 0.6) is 0 Å². The summed E-state index contributed by atoms with van der Waals surface area (Å²) in [5.41, 5.74) is 1.38. The van der Waals surface area contributed by atoms with Gasteiger partial charge in [0.2, 0.25) is 5.91 Å². The molecule has 0 saturated heterocycles. The van der Waals surface area contributed by atoms with Gasteiger partial charge in [-0.2, -0.15) is 0 Å². The van der Waals surface area contributed by atoms with Crippen molar-refractivity contribution in [2.75, 3.05) is 13.1 Å². The Balaban J connectivity index is 4.05. The van der Waals surface area contributed by atoms with E-state index < -0.39 is 0 Å². The van der Waals surface area contributed by atoms with Gasteiger partial charge in [0.05, 0.1) is 0 Å². The molecule has 4 heteroatoms. The molecule has 168 valence electrons. The van der Waals surface area contributed by atoms with Crippen molar-refractivity contribution in [3.8, 4) is 0 Å². The number of carbonyl (C=O) groups is 1. The maximum atomic E-state index is 12.0. The molecule has 0 saturated carbocycles. The Hall–Kier alpha value is -1.00. The molecule has 2 atom stereocenters. The van der Waals surface area contributed by atoms with E-state index in [0.717, 1.165) is 51.1 Å². The molecule has 0 aliphatic heterocycles. The van der Waals surface area contributed by atoms with Crippen LogP contribution in [0.3, 0.4) is 0 Å². The first-order chi connectivity index (χ1) is 13.7. The van der Waals surface area contributed by atoms with E-state index in [2.05, 4.69) is 70.0 Å². The summed E-state index contributed by atoms with van der Waals surface area (Å²) in [5, 5.41) is 3.07. The third-order valence-electron chi connectivity index (χ3n) is 5.04. The first-order valence-corrected chi connectivity index (χ1v) is 12.2. The molecular formula is C25H46N2OS. The highest BCUT2D eigenvalue weighted by Gasteiger charge is 2.12. The topological polar surface area (TPSA) is 41.1 Å². The highest BCUT2D eigenvalue weighted by molar-refractivity contribution is 7.98. The largest absolute Gasteiger partial charge is 0.356 e. The van der Waals surface area contributed by atoms with Gasteiger partial charge in [-0.15, -0.1) is 6.58 Å². The van der Waals surface area contributed by atoms with E-state index in [4.69, 9.17) is 0 Å². The van der Waals surface area contributed by atoms with E-state index in [-0.39, 0.29) is 10.7 Å². The molecule has 0 bridgehead atoms. The first kappa shape index (κ1) is 28.0. The molecule has 2 N–H and O–H groups in total. The molecule has 3 nitrogen and oxygen atoms in total. The lowest BCUT2D eigenvalue weighted by Crippen LogP contribution is -2.24. The summed E-state index contributed by atoms with van der Waals surface area (Å²) in [6, 6.07) is 0. The fraction of sp³-hybridized carbons (Fsp3) is 0.720. The zero-order valence-electron chi connectivity index (χ0n) is 19.7. The van der Waals surface area contributed by atoms with Gasteiger partial charge in [-0.25, -0.2) is 0 Å². The standard InChI is InChI=1S/C25H46N2OS/c1-8-14-23(22(10-3)18-17-21(4)9-2)15-13-19-26-24(28)16-11-12-20-27-29-25(5,6)7/h8,10,14,21-22,27H,1,3,9,11-13,15-20H2,2,4-7H3,(H,26,28)/b23-14+. The quantitative estimate of drug-likeness (QED) is 0.117. The fourth-order valence-electron chi connectivity index (χ4n) is 3.03. The lowest BCUT2D eigenvalue weighted by molar-refractivity contribution is -0.121. The molecule has 0 fully saturated rings. The lowest BCUT2D eigenvalue weighted by atomic mass is 9.87. The summed E-state index contributed by atoms with van der Waals surface area (Å²) in [6.45, 7) is 20.7. The summed E-state index contributed by atoms with van der Waals surface area (Å²) in [4.78, 5) is 12.0. The number of nitrogens with one attached hydrogen (secondary N) is 2. The predicted octanol–water partition coefficient (Wildman–Crippen LogP) is 6.83. The first-order valence-electron chi connectivity index (χ1n) is 11.3. The molecular weight excluding hydrogens is 376 g/mol. The Labute approximate surface area is 185 Å². The molecule has 0 aromatic rings. The molecule has 0 aromatic carbocycles. The van der Waals surface area contributed by atoms with E-state index >= 15 is 0 Å². The zero-order valence-corrected chi connectivity index (χ0v) is 20.5. The van der Waals surface area contributed by atoms with E-state index in [1.165, 1.54) is 18.4 Å². The molecule has 2 unspecified atom stereocenters. The number of carbonyl (C=O) groups excluding carboxylic acids is 1. The van der Waals surface area contributed by atoms with Crippen LogP contribution in [0.15, 0.2) is 37.0 Å². The van der Waals surface area contributed by atoms with Crippen LogP contribution in [0.25, 0.3) is 0 Å². The summed E-state index contributed by atoms with van der Waals surface area (Å²) in [6.07, 6.45) is 14.2. The number of rotatable bonds is 17. The molecule has 29 heavy (non-hydrogen) atoms. The Kier molecular flexibility index (Phi) is 16.2. The van der Waals surface area contributed by atoms with Crippen LogP contribution >= 0.6 is 11.9 Å². The number of amides is 1. The highest BCUT2D eigenvalue weighted by Crippen LogP contribution is 2.25. The molecule has 0 rings (SSSR count). The van der Waals surface area contributed by atoms with Gasteiger partial charge >= 0.3 is 0 Å². The van der Waals surface area contributed by atoms with Crippen LogP contribution in [0.2, 0.25) is 0 Å². The minimum atomic E-state index is 0.166.